The van der Waals surface area contributed by atoms with E-state index >= 15 is 0 Å². The van der Waals surface area contributed by atoms with Crippen LogP contribution in [0.3, 0.4) is 0 Å². The Morgan fingerprint density at radius 2 is 1.92 bits per heavy atom. The van der Waals surface area contributed by atoms with Gasteiger partial charge in [0.25, 0.3) is 0 Å². The van der Waals surface area contributed by atoms with Crippen LogP contribution in [-0.2, 0) is 0 Å². The van der Waals surface area contributed by atoms with Crippen LogP contribution in [-0.4, -0.2) is 11.2 Å². The summed E-state index contributed by atoms with van der Waals surface area (Å²) in [6.07, 6.45) is 9.55. The van der Waals surface area contributed by atoms with Gasteiger partial charge >= 0.3 is 0 Å². The topological polar surface area (TPSA) is 20.2 Å². The van der Waals surface area contributed by atoms with Crippen molar-refractivity contribution in [3.05, 3.63) is 0 Å². The number of rotatable bonds is 0. The Kier molecular flexibility index (Phi) is 1.39. The van der Waals surface area contributed by atoms with Crippen LogP contribution in [0.5, 0.6) is 0 Å². The van der Waals surface area contributed by atoms with Crippen molar-refractivity contribution in [2.24, 2.45) is 17.3 Å². The van der Waals surface area contributed by atoms with Crippen LogP contribution in [0.2, 0.25) is 0 Å². The molecular weight excluding hydrogens is 148 g/mol. The summed E-state index contributed by atoms with van der Waals surface area (Å²) in [7, 11) is 0. The molecule has 0 aromatic carbocycles. The van der Waals surface area contributed by atoms with Crippen LogP contribution in [0, 0.1) is 17.3 Å². The van der Waals surface area contributed by atoms with Gasteiger partial charge in [-0.05, 0) is 55.8 Å². The predicted molar refractivity (Wildman–Crippen MR) is 47.7 cm³/mol. The molecule has 3 rings (SSSR count). The number of aliphatic hydroxyl groups excluding tert-OH is 1. The smallest absolute Gasteiger partial charge is 0.0573 e. The molecule has 0 aromatic rings. The fraction of sp³-hybridized carbons (Fsp3) is 1.00. The molecule has 0 bridgehead atoms. The molecule has 3 saturated carbocycles. The molecule has 1 spiro atoms. The molecule has 0 aromatic heterocycles. The molecule has 3 aliphatic rings. The molecule has 0 heterocycles. The van der Waals surface area contributed by atoms with Gasteiger partial charge in [-0.2, -0.15) is 0 Å². The van der Waals surface area contributed by atoms with Crippen LogP contribution in [0.25, 0.3) is 0 Å². The average Bonchev–Trinajstić information content (AvgIpc) is 2.42. The highest BCUT2D eigenvalue weighted by atomic mass is 16.3. The molecule has 0 saturated heterocycles. The fourth-order valence-corrected chi connectivity index (χ4v) is 4.25. The lowest BCUT2D eigenvalue weighted by Gasteiger charge is -2.56. The van der Waals surface area contributed by atoms with Gasteiger partial charge in [0.15, 0.2) is 0 Å². The predicted octanol–water partition coefficient (Wildman–Crippen LogP) is 2.34. The van der Waals surface area contributed by atoms with E-state index in [2.05, 4.69) is 0 Å². The van der Waals surface area contributed by atoms with E-state index < -0.39 is 0 Å². The lowest BCUT2D eigenvalue weighted by molar-refractivity contribution is -0.121. The summed E-state index contributed by atoms with van der Waals surface area (Å²) in [4.78, 5) is 0. The quantitative estimate of drug-likeness (QED) is 0.585. The van der Waals surface area contributed by atoms with E-state index in [1.165, 1.54) is 38.5 Å². The first-order chi connectivity index (χ1) is 5.83. The zero-order valence-corrected chi connectivity index (χ0v) is 7.63. The minimum Gasteiger partial charge on any atom is -0.393 e. The highest BCUT2D eigenvalue weighted by Gasteiger charge is 2.58. The molecule has 68 valence electrons. The van der Waals surface area contributed by atoms with Gasteiger partial charge in [-0.25, -0.2) is 0 Å². The maximum absolute atomic E-state index is 9.84. The molecule has 1 N–H and O–H groups in total. The van der Waals surface area contributed by atoms with Crippen molar-refractivity contribution < 1.29 is 5.11 Å². The van der Waals surface area contributed by atoms with E-state index in [-0.39, 0.29) is 6.10 Å². The minimum absolute atomic E-state index is 0.0631. The number of hydrogen-bond donors (Lipinski definition) is 1. The second-order valence-electron chi connectivity index (χ2n) is 5.11. The Bertz CT molecular complexity index is 201. The standard InChI is InChI=1S/C11H18O/c12-10-4-3-8-2-1-6-11(8)7-5-9(10)11/h8-10,12H,1-7H2/t8-,9-,10+,11+/m0/s1. The Hall–Kier alpha value is -0.0400. The summed E-state index contributed by atoms with van der Waals surface area (Å²) >= 11 is 0. The fourth-order valence-electron chi connectivity index (χ4n) is 4.25. The summed E-state index contributed by atoms with van der Waals surface area (Å²) in [6.45, 7) is 0. The first-order valence-electron chi connectivity index (χ1n) is 5.51. The first-order valence-corrected chi connectivity index (χ1v) is 5.51. The molecule has 4 atom stereocenters. The summed E-state index contributed by atoms with van der Waals surface area (Å²) in [5.74, 6) is 1.71. The minimum atomic E-state index is 0.0631. The van der Waals surface area contributed by atoms with Gasteiger partial charge in [-0.3, -0.25) is 0 Å². The number of aliphatic hydroxyl groups is 1. The zero-order chi connectivity index (χ0) is 8.18. The molecular formula is C11H18O. The van der Waals surface area contributed by atoms with Gasteiger partial charge in [-0.1, -0.05) is 6.42 Å². The Morgan fingerprint density at radius 3 is 2.67 bits per heavy atom. The van der Waals surface area contributed by atoms with Crippen LogP contribution in [0.15, 0.2) is 0 Å². The molecule has 12 heavy (non-hydrogen) atoms. The van der Waals surface area contributed by atoms with E-state index in [1.807, 2.05) is 0 Å². The van der Waals surface area contributed by atoms with Gasteiger partial charge in [0.2, 0.25) is 0 Å². The number of hydrogen-bond acceptors (Lipinski definition) is 1. The molecule has 0 unspecified atom stereocenters. The Labute approximate surface area is 74.2 Å². The van der Waals surface area contributed by atoms with Gasteiger partial charge in [0, 0.05) is 0 Å². The lowest BCUT2D eigenvalue weighted by Crippen LogP contribution is -2.52. The van der Waals surface area contributed by atoms with Crippen LogP contribution in [0.4, 0.5) is 0 Å². The van der Waals surface area contributed by atoms with Gasteiger partial charge in [0.05, 0.1) is 6.10 Å². The van der Waals surface area contributed by atoms with E-state index in [9.17, 15) is 5.11 Å². The second-order valence-corrected chi connectivity index (χ2v) is 5.11. The highest BCUT2D eigenvalue weighted by molar-refractivity contribution is 5.08. The maximum Gasteiger partial charge on any atom is 0.0573 e. The molecule has 0 radical (unpaired) electrons. The third-order valence-electron chi connectivity index (χ3n) is 4.94. The third-order valence-corrected chi connectivity index (χ3v) is 4.94. The van der Waals surface area contributed by atoms with Crippen molar-refractivity contribution in [1.29, 1.82) is 0 Å². The summed E-state index contributed by atoms with van der Waals surface area (Å²) < 4.78 is 0. The van der Waals surface area contributed by atoms with Crippen molar-refractivity contribution in [1.82, 2.24) is 0 Å². The van der Waals surface area contributed by atoms with Crippen molar-refractivity contribution >= 4 is 0 Å². The summed E-state index contributed by atoms with van der Waals surface area (Å²) in [5.41, 5.74) is 0.650. The van der Waals surface area contributed by atoms with Gasteiger partial charge in [0.1, 0.15) is 0 Å². The van der Waals surface area contributed by atoms with Crippen LogP contribution >= 0.6 is 0 Å². The third kappa shape index (κ3) is 0.693. The summed E-state index contributed by atoms with van der Waals surface area (Å²) in [6, 6.07) is 0. The van der Waals surface area contributed by atoms with E-state index in [0.717, 1.165) is 12.3 Å². The maximum atomic E-state index is 9.84. The van der Waals surface area contributed by atoms with Crippen molar-refractivity contribution in [3.8, 4) is 0 Å². The van der Waals surface area contributed by atoms with Gasteiger partial charge in [-0.15, -0.1) is 0 Å². The summed E-state index contributed by atoms with van der Waals surface area (Å²) in [5, 5.41) is 9.84. The van der Waals surface area contributed by atoms with Crippen molar-refractivity contribution in [2.75, 3.05) is 0 Å². The lowest BCUT2D eigenvalue weighted by atomic mass is 9.49. The molecule has 3 fully saturated rings. The average molecular weight is 166 g/mol. The Morgan fingerprint density at radius 1 is 1.00 bits per heavy atom. The highest BCUT2D eigenvalue weighted by Crippen LogP contribution is 2.65. The largest absolute Gasteiger partial charge is 0.393 e. The first kappa shape index (κ1) is 7.37. The van der Waals surface area contributed by atoms with Crippen LogP contribution in [0.1, 0.15) is 44.9 Å². The monoisotopic (exact) mass is 166 g/mol. The molecule has 1 heteroatoms. The van der Waals surface area contributed by atoms with E-state index in [1.54, 1.807) is 0 Å². The van der Waals surface area contributed by atoms with Crippen molar-refractivity contribution in [3.63, 3.8) is 0 Å². The SMILES string of the molecule is O[C@@H]1CC[C@@H]2CCC[C@@]23CC[C@@H]13. The molecule has 1 nitrogen and oxygen atoms in total. The Balaban J connectivity index is 1.90. The van der Waals surface area contributed by atoms with Crippen molar-refractivity contribution in [2.45, 2.75) is 51.0 Å². The second kappa shape index (κ2) is 2.25. The van der Waals surface area contributed by atoms with E-state index in [4.69, 9.17) is 0 Å². The van der Waals surface area contributed by atoms with E-state index in [0.29, 0.717) is 11.3 Å². The van der Waals surface area contributed by atoms with Gasteiger partial charge < -0.3 is 5.11 Å². The normalized spacial score (nSPS) is 57.2. The zero-order valence-electron chi connectivity index (χ0n) is 7.63. The van der Waals surface area contributed by atoms with Crippen LogP contribution < -0.4 is 0 Å². The molecule has 3 aliphatic carbocycles. The molecule has 0 amide bonds. The molecule has 0 aliphatic heterocycles.